The minimum Gasteiger partial charge on any atom is -0.454 e. The second-order valence-corrected chi connectivity index (χ2v) is 3.92. The van der Waals surface area contributed by atoms with Crippen LogP contribution in [-0.4, -0.2) is 11.0 Å². The zero-order valence-electron chi connectivity index (χ0n) is 9.97. The third kappa shape index (κ3) is 3.08. The number of aliphatic hydroxyl groups excluding tert-OH is 1. The fourth-order valence-electron chi connectivity index (χ4n) is 1.57. The van der Waals surface area contributed by atoms with Gasteiger partial charge in [0.15, 0.2) is 11.6 Å². The van der Waals surface area contributed by atoms with Crippen molar-refractivity contribution >= 4 is 5.91 Å². The van der Waals surface area contributed by atoms with Crippen molar-refractivity contribution in [2.24, 2.45) is 5.73 Å². The Hall–Kier alpha value is -2.40. The van der Waals surface area contributed by atoms with E-state index in [2.05, 4.69) is 0 Å². The fraction of sp³-hybridized carbons (Fsp3) is 0.0714. The number of carbonyl (C=O) groups excluding carboxylic acids is 1. The molecule has 0 spiro atoms. The van der Waals surface area contributed by atoms with E-state index < -0.39 is 11.7 Å². The summed E-state index contributed by atoms with van der Waals surface area (Å²) in [5.41, 5.74) is 5.79. The first kappa shape index (κ1) is 13.0. The maximum absolute atomic E-state index is 13.7. The second kappa shape index (κ2) is 5.49. The summed E-state index contributed by atoms with van der Waals surface area (Å²) in [5, 5.41) is 9.00. The van der Waals surface area contributed by atoms with Crippen LogP contribution >= 0.6 is 0 Å². The average Bonchev–Trinajstić information content (AvgIpc) is 2.41. The largest absolute Gasteiger partial charge is 0.454 e. The first-order valence-corrected chi connectivity index (χ1v) is 5.57. The number of rotatable bonds is 4. The second-order valence-electron chi connectivity index (χ2n) is 3.92. The van der Waals surface area contributed by atoms with Gasteiger partial charge in [0.05, 0.1) is 6.61 Å². The Bertz CT molecular complexity index is 613. The van der Waals surface area contributed by atoms with E-state index >= 15 is 0 Å². The molecular formula is C14H12FNO3. The zero-order valence-corrected chi connectivity index (χ0v) is 9.97. The van der Waals surface area contributed by atoms with Crippen molar-refractivity contribution in [3.8, 4) is 11.5 Å². The van der Waals surface area contributed by atoms with Crippen molar-refractivity contribution in [1.82, 2.24) is 0 Å². The molecule has 2 aromatic rings. The third-order valence-electron chi connectivity index (χ3n) is 2.53. The van der Waals surface area contributed by atoms with Crippen LogP contribution in [-0.2, 0) is 6.61 Å². The molecule has 0 fully saturated rings. The highest BCUT2D eigenvalue weighted by molar-refractivity contribution is 5.92. The quantitative estimate of drug-likeness (QED) is 0.886. The smallest absolute Gasteiger partial charge is 0.248 e. The van der Waals surface area contributed by atoms with Crippen molar-refractivity contribution in [3.63, 3.8) is 0 Å². The van der Waals surface area contributed by atoms with Gasteiger partial charge in [0.2, 0.25) is 5.91 Å². The summed E-state index contributed by atoms with van der Waals surface area (Å²) in [6, 6.07) is 10.4. The number of hydrogen-bond acceptors (Lipinski definition) is 3. The Kier molecular flexibility index (Phi) is 3.77. The van der Waals surface area contributed by atoms with Gasteiger partial charge in [-0.15, -0.1) is 0 Å². The van der Waals surface area contributed by atoms with E-state index in [1.807, 2.05) is 0 Å². The van der Waals surface area contributed by atoms with Crippen LogP contribution in [0.1, 0.15) is 15.9 Å². The molecule has 0 unspecified atom stereocenters. The Balaban J connectivity index is 2.25. The lowest BCUT2D eigenvalue weighted by molar-refractivity contribution is 0.1000. The van der Waals surface area contributed by atoms with Crippen LogP contribution < -0.4 is 10.5 Å². The van der Waals surface area contributed by atoms with Gasteiger partial charge < -0.3 is 15.6 Å². The lowest BCUT2D eigenvalue weighted by Crippen LogP contribution is -2.11. The number of primary amides is 1. The van der Waals surface area contributed by atoms with Crippen LogP contribution in [0.3, 0.4) is 0 Å². The summed E-state index contributed by atoms with van der Waals surface area (Å²) in [6.45, 7) is -0.125. The third-order valence-corrected chi connectivity index (χ3v) is 2.53. The molecule has 19 heavy (non-hydrogen) atoms. The lowest BCUT2D eigenvalue weighted by Gasteiger charge is -2.08. The number of amides is 1. The monoisotopic (exact) mass is 261 g/mol. The van der Waals surface area contributed by atoms with Gasteiger partial charge in [0.1, 0.15) is 5.75 Å². The lowest BCUT2D eigenvalue weighted by atomic mass is 10.2. The molecule has 0 heterocycles. The van der Waals surface area contributed by atoms with Crippen molar-refractivity contribution in [1.29, 1.82) is 0 Å². The van der Waals surface area contributed by atoms with E-state index in [-0.39, 0.29) is 17.9 Å². The van der Waals surface area contributed by atoms with Gasteiger partial charge in [0.25, 0.3) is 0 Å². The van der Waals surface area contributed by atoms with Crippen LogP contribution in [0, 0.1) is 5.82 Å². The number of benzene rings is 2. The Labute approximate surface area is 109 Å². The molecule has 4 nitrogen and oxygen atoms in total. The standard InChI is InChI=1S/C14H12FNO3/c15-12-7-10(14(16)18)4-5-13(12)19-11-3-1-2-9(6-11)8-17/h1-7,17H,8H2,(H2,16,18). The number of hydrogen-bond donors (Lipinski definition) is 2. The number of aliphatic hydroxyl groups is 1. The Morgan fingerprint density at radius 3 is 2.68 bits per heavy atom. The molecule has 0 saturated heterocycles. The summed E-state index contributed by atoms with van der Waals surface area (Å²) >= 11 is 0. The number of carbonyl (C=O) groups is 1. The predicted molar refractivity (Wildman–Crippen MR) is 67.4 cm³/mol. The van der Waals surface area contributed by atoms with Gasteiger partial charge in [-0.3, -0.25) is 4.79 Å². The Morgan fingerprint density at radius 1 is 1.26 bits per heavy atom. The van der Waals surface area contributed by atoms with Crippen molar-refractivity contribution in [3.05, 3.63) is 59.4 Å². The highest BCUT2D eigenvalue weighted by Crippen LogP contribution is 2.25. The van der Waals surface area contributed by atoms with E-state index in [0.29, 0.717) is 11.3 Å². The Morgan fingerprint density at radius 2 is 2.05 bits per heavy atom. The summed E-state index contributed by atoms with van der Waals surface area (Å²) in [7, 11) is 0. The van der Waals surface area contributed by atoms with Crippen molar-refractivity contribution in [2.45, 2.75) is 6.61 Å². The molecule has 0 radical (unpaired) electrons. The van der Waals surface area contributed by atoms with Crippen LogP contribution in [0.25, 0.3) is 0 Å². The molecule has 2 aromatic carbocycles. The van der Waals surface area contributed by atoms with Crippen molar-refractivity contribution in [2.75, 3.05) is 0 Å². The number of nitrogens with two attached hydrogens (primary N) is 1. The van der Waals surface area contributed by atoms with Gasteiger partial charge in [0, 0.05) is 5.56 Å². The van der Waals surface area contributed by atoms with Gasteiger partial charge in [-0.05, 0) is 35.9 Å². The highest BCUT2D eigenvalue weighted by Gasteiger charge is 2.09. The van der Waals surface area contributed by atoms with E-state index in [4.69, 9.17) is 15.6 Å². The summed E-state index contributed by atoms with van der Waals surface area (Å²) < 4.78 is 19.0. The number of ether oxygens (including phenoxy) is 1. The molecule has 0 aliphatic carbocycles. The molecule has 0 aromatic heterocycles. The molecule has 0 saturated carbocycles. The molecule has 0 bridgehead atoms. The maximum atomic E-state index is 13.7. The number of halogens is 1. The minimum atomic E-state index is -0.701. The van der Waals surface area contributed by atoms with Gasteiger partial charge in [-0.2, -0.15) is 0 Å². The van der Waals surface area contributed by atoms with Crippen LogP contribution in [0.15, 0.2) is 42.5 Å². The maximum Gasteiger partial charge on any atom is 0.248 e. The topological polar surface area (TPSA) is 72.6 Å². The van der Waals surface area contributed by atoms with E-state index in [1.54, 1.807) is 24.3 Å². The van der Waals surface area contributed by atoms with Crippen LogP contribution in [0.4, 0.5) is 4.39 Å². The first-order chi connectivity index (χ1) is 9.10. The van der Waals surface area contributed by atoms with E-state index in [9.17, 15) is 9.18 Å². The van der Waals surface area contributed by atoms with Crippen LogP contribution in [0.2, 0.25) is 0 Å². The molecule has 0 aliphatic heterocycles. The molecule has 98 valence electrons. The molecule has 0 aliphatic rings. The highest BCUT2D eigenvalue weighted by atomic mass is 19.1. The van der Waals surface area contributed by atoms with Crippen molar-refractivity contribution < 1.29 is 19.0 Å². The minimum absolute atomic E-state index is 0.0138. The average molecular weight is 261 g/mol. The van der Waals surface area contributed by atoms with Crippen LogP contribution in [0.5, 0.6) is 11.5 Å². The zero-order chi connectivity index (χ0) is 13.8. The van der Waals surface area contributed by atoms with E-state index in [0.717, 1.165) is 6.07 Å². The molecule has 3 N–H and O–H groups in total. The van der Waals surface area contributed by atoms with Gasteiger partial charge in [-0.25, -0.2) is 4.39 Å². The fourth-order valence-corrected chi connectivity index (χ4v) is 1.57. The van der Waals surface area contributed by atoms with Gasteiger partial charge >= 0.3 is 0 Å². The van der Waals surface area contributed by atoms with Gasteiger partial charge in [-0.1, -0.05) is 12.1 Å². The summed E-state index contributed by atoms with van der Waals surface area (Å²) in [5.74, 6) is -0.990. The molecule has 1 amide bonds. The van der Waals surface area contributed by atoms with E-state index in [1.165, 1.54) is 12.1 Å². The summed E-state index contributed by atoms with van der Waals surface area (Å²) in [6.07, 6.45) is 0. The molecule has 2 rings (SSSR count). The SMILES string of the molecule is NC(=O)c1ccc(Oc2cccc(CO)c2)c(F)c1. The molecule has 5 heteroatoms. The predicted octanol–water partition coefficient (Wildman–Crippen LogP) is 2.21. The first-order valence-electron chi connectivity index (χ1n) is 5.57. The normalized spacial score (nSPS) is 10.2. The molecule has 0 atom stereocenters. The summed E-state index contributed by atoms with van der Waals surface area (Å²) in [4.78, 5) is 10.9. The molecular weight excluding hydrogens is 249 g/mol.